The van der Waals surface area contributed by atoms with Gasteiger partial charge in [0.2, 0.25) is 0 Å². The van der Waals surface area contributed by atoms with Crippen LogP contribution in [0.4, 0.5) is 20.3 Å². The molecule has 1 aromatic heterocycles. The molecule has 0 saturated carbocycles. The Balaban J connectivity index is 1.26. The molecular formula is C32H29F2N5O. The summed E-state index contributed by atoms with van der Waals surface area (Å²) in [5, 5.41) is 12.8. The molecule has 1 N–H and O–H groups in total. The van der Waals surface area contributed by atoms with E-state index in [-0.39, 0.29) is 18.0 Å². The number of rotatable bonds is 6. The van der Waals surface area contributed by atoms with Crippen LogP contribution in [0.2, 0.25) is 0 Å². The standard InChI is InChI=1S/C32H29F2N5O/c1-22-11-13-25(26(19-35)31(22)23-7-3-2-4-8-23)32(40)37-24-12-14-30(36-20-24)39-16-6-15-38(17-18-39)21-27-28(33)9-5-10-29(27)34/h2-5,7-14,20H,6,15-18,21H2,1H3,(H,37,40). The highest BCUT2D eigenvalue weighted by atomic mass is 19.1. The lowest BCUT2D eigenvalue weighted by atomic mass is 9.91. The largest absolute Gasteiger partial charge is 0.355 e. The number of aromatic nitrogens is 1. The zero-order valence-corrected chi connectivity index (χ0v) is 22.2. The second-order valence-electron chi connectivity index (χ2n) is 9.83. The molecule has 3 aromatic carbocycles. The predicted molar refractivity (Wildman–Crippen MR) is 152 cm³/mol. The quantitative estimate of drug-likeness (QED) is 0.318. The monoisotopic (exact) mass is 537 g/mol. The highest BCUT2D eigenvalue weighted by Crippen LogP contribution is 2.30. The van der Waals surface area contributed by atoms with Crippen LogP contribution in [0.1, 0.15) is 33.5 Å². The van der Waals surface area contributed by atoms with Crippen molar-refractivity contribution in [3.05, 3.63) is 113 Å². The minimum Gasteiger partial charge on any atom is -0.355 e. The van der Waals surface area contributed by atoms with Crippen molar-refractivity contribution in [2.75, 3.05) is 36.4 Å². The van der Waals surface area contributed by atoms with E-state index in [1.165, 1.54) is 18.2 Å². The maximum Gasteiger partial charge on any atom is 0.257 e. The number of aryl methyl sites for hydroxylation is 1. The van der Waals surface area contributed by atoms with Crippen molar-refractivity contribution >= 4 is 17.4 Å². The molecule has 1 fully saturated rings. The van der Waals surface area contributed by atoms with Crippen molar-refractivity contribution in [3.8, 4) is 17.2 Å². The van der Waals surface area contributed by atoms with E-state index >= 15 is 0 Å². The van der Waals surface area contributed by atoms with Crippen LogP contribution in [0.5, 0.6) is 0 Å². The molecule has 6 nitrogen and oxygen atoms in total. The molecule has 4 aromatic rings. The third-order valence-corrected chi connectivity index (χ3v) is 7.19. The summed E-state index contributed by atoms with van der Waals surface area (Å²) < 4.78 is 28.2. The fourth-order valence-corrected chi connectivity index (χ4v) is 5.10. The number of amides is 1. The molecule has 1 saturated heterocycles. The minimum atomic E-state index is -0.524. The van der Waals surface area contributed by atoms with Crippen LogP contribution in [0.3, 0.4) is 0 Å². The van der Waals surface area contributed by atoms with Gasteiger partial charge in [0.15, 0.2) is 0 Å². The van der Waals surface area contributed by atoms with Crippen molar-refractivity contribution in [1.29, 1.82) is 5.26 Å². The number of anilines is 2. The Morgan fingerprint density at radius 1 is 0.950 bits per heavy atom. The molecule has 2 heterocycles. The Kier molecular flexibility index (Phi) is 8.13. The van der Waals surface area contributed by atoms with Crippen molar-refractivity contribution < 1.29 is 13.6 Å². The van der Waals surface area contributed by atoms with E-state index in [1.807, 2.05) is 54.3 Å². The highest BCUT2D eigenvalue weighted by Gasteiger charge is 2.20. The van der Waals surface area contributed by atoms with Crippen LogP contribution in [0.15, 0.2) is 79.0 Å². The smallest absolute Gasteiger partial charge is 0.257 e. The van der Waals surface area contributed by atoms with Crippen molar-refractivity contribution in [3.63, 3.8) is 0 Å². The summed E-state index contributed by atoms with van der Waals surface area (Å²) in [7, 11) is 0. The topological polar surface area (TPSA) is 72.3 Å². The van der Waals surface area contributed by atoms with Gasteiger partial charge < -0.3 is 10.2 Å². The molecular weight excluding hydrogens is 508 g/mol. The summed E-state index contributed by atoms with van der Waals surface area (Å²) in [5.74, 6) is -0.668. The number of pyridine rings is 1. The molecule has 8 heteroatoms. The summed E-state index contributed by atoms with van der Waals surface area (Å²) in [6, 6.07) is 22.9. The lowest BCUT2D eigenvalue weighted by molar-refractivity contribution is 0.102. The van der Waals surface area contributed by atoms with E-state index in [0.29, 0.717) is 29.9 Å². The normalized spacial score (nSPS) is 13.9. The molecule has 0 aliphatic carbocycles. The van der Waals surface area contributed by atoms with Crippen LogP contribution in [-0.4, -0.2) is 42.0 Å². The molecule has 202 valence electrons. The Labute approximate surface area is 232 Å². The molecule has 0 unspecified atom stereocenters. The fraction of sp³-hybridized carbons (Fsp3) is 0.219. The van der Waals surface area contributed by atoms with Crippen LogP contribution in [0, 0.1) is 29.9 Å². The van der Waals surface area contributed by atoms with E-state index < -0.39 is 11.6 Å². The fourth-order valence-electron chi connectivity index (χ4n) is 5.10. The van der Waals surface area contributed by atoms with Gasteiger partial charge in [-0.05, 0) is 54.8 Å². The molecule has 5 rings (SSSR count). The number of hydrogen-bond donors (Lipinski definition) is 1. The Morgan fingerprint density at radius 2 is 1.73 bits per heavy atom. The molecule has 0 spiro atoms. The molecule has 40 heavy (non-hydrogen) atoms. The van der Waals surface area contributed by atoms with Gasteiger partial charge in [-0.15, -0.1) is 0 Å². The van der Waals surface area contributed by atoms with Crippen LogP contribution < -0.4 is 10.2 Å². The third kappa shape index (κ3) is 5.85. The highest BCUT2D eigenvalue weighted by molar-refractivity contribution is 6.07. The molecule has 1 aliphatic rings. The first-order valence-electron chi connectivity index (χ1n) is 13.2. The maximum absolute atomic E-state index is 14.1. The average Bonchev–Trinajstić information content (AvgIpc) is 3.21. The van der Waals surface area contributed by atoms with Gasteiger partial charge in [0, 0.05) is 43.9 Å². The van der Waals surface area contributed by atoms with E-state index in [0.717, 1.165) is 42.0 Å². The Bertz CT molecular complexity index is 1530. The van der Waals surface area contributed by atoms with Gasteiger partial charge in [0.05, 0.1) is 23.0 Å². The zero-order chi connectivity index (χ0) is 28.1. The van der Waals surface area contributed by atoms with E-state index in [2.05, 4.69) is 21.3 Å². The van der Waals surface area contributed by atoms with Gasteiger partial charge >= 0.3 is 0 Å². The second kappa shape index (κ2) is 12.1. The van der Waals surface area contributed by atoms with Gasteiger partial charge in [-0.1, -0.05) is 42.5 Å². The van der Waals surface area contributed by atoms with Crippen LogP contribution in [0.25, 0.3) is 11.1 Å². The van der Waals surface area contributed by atoms with Crippen molar-refractivity contribution in [2.45, 2.75) is 19.9 Å². The molecule has 0 radical (unpaired) electrons. The summed E-state index contributed by atoms with van der Waals surface area (Å²) in [4.78, 5) is 21.9. The summed E-state index contributed by atoms with van der Waals surface area (Å²) in [6.07, 6.45) is 2.42. The van der Waals surface area contributed by atoms with Gasteiger partial charge in [-0.2, -0.15) is 5.26 Å². The zero-order valence-electron chi connectivity index (χ0n) is 22.2. The van der Waals surface area contributed by atoms with E-state index in [1.54, 1.807) is 18.3 Å². The van der Waals surface area contributed by atoms with Crippen LogP contribution in [-0.2, 0) is 6.54 Å². The number of carbonyl (C=O) groups is 1. The van der Waals surface area contributed by atoms with Gasteiger partial charge in [0.1, 0.15) is 23.5 Å². The average molecular weight is 538 g/mol. The summed E-state index contributed by atoms with van der Waals surface area (Å²) in [6.45, 7) is 4.93. The Hall–Kier alpha value is -4.61. The third-order valence-electron chi connectivity index (χ3n) is 7.19. The molecule has 1 aliphatic heterocycles. The number of nitrogens with zero attached hydrogens (tertiary/aromatic N) is 4. The maximum atomic E-state index is 14.1. The van der Waals surface area contributed by atoms with E-state index in [4.69, 9.17) is 0 Å². The summed E-state index contributed by atoms with van der Waals surface area (Å²) >= 11 is 0. The van der Waals surface area contributed by atoms with Crippen molar-refractivity contribution in [2.24, 2.45) is 0 Å². The summed E-state index contributed by atoms with van der Waals surface area (Å²) in [5.41, 5.74) is 3.79. The van der Waals surface area contributed by atoms with Gasteiger partial charge in [0.25, 0.3) is 5.91 Å². The van der Waals surface area contributed by atoms with Crippen molar-refractivity contribution in [1.82, 2.24) is 9.88 Å². The van der Waals surface area contributed by atoms with Gasteiger partial charge in [-0.3, -0.25) is 9.69 Å². The first-order chi connectivity index (χ1) is 19.4. The first kappa shape index (κ1) is 27.0. The van der Waals surface area contributed by atoms with Gasteiger partial charge in [-0.25, -0.2) is 13.8 Å². The number of nitriles is 1. The number of carbonyl (C=O) groups excluding carboxylic acids is 1. The number of halogens is 2. The SMILES string of the molecule is Cc1ccc(C(=O)Nc2ccc(N3CCCN(Cc4c(F)cccc4F)CC3)nc2)c(C#N)c1-c1ccccc1. The lowest BCUT2D eigenvalue weighted by Crippen LogP contribution is -2.31. The predicted octanol–water partition coefficient (Wildman–Crippen LogP) is 6.17. The second-order valence-corrected chi connectivity index (χ2v) is 9.83. The molecule has 1 amide bonds. The molecule has 0 bridgehead atoms. The Morgan fingerprint density at radius 3 is 2.42 bits per heavy atom. The lowest BCUT2D eigenvalue weighted by Gasteiger charge is -2.23. The molecule has 0 atom stereocenters. The minimum absolute atomic E-state index is 0.0955. The van der Waals surface area contributed by atoms with Crippen LogP contribution >= 0.6 is 0 Å². The number of hydrogen-bond acceptors (Lipinski definition) is 5. The number of benzene rings is 3. The number of nitrogens with one attached hydrogen (secondary N) is 1. The first-order valence-corrected chi connectivity index (χ1v) is 13.2. The van der Waals surface area contributed by atoms with E-state index in [9.17, 15) is 18.8 Å².